The monoisotopic (exact) mass is 925 g/mol. The van der Waals surface area contributed by atoms with Gasteiger partial charge in [-0.3, -0.25) is 19.9 Å². The Morgan fingerprint density at radius 1 is 0.440 bits per heavy atom. The molecule has 0 atom stereocenters. The van der Waals surface area contributed by atoms with Gasteiger partial charge in [0.1, 0.15) is 24.8 Å². The van der Waals surface area contributed by atoms with Crippen LogP contribution < -0.4 is 40.6 Å². The van der Waals surface area contributed by atoms with E-state index in [1.807, 2.05) is 24.8 Å². The Morgan fingerprint density at radius 2 is 0.640 bits per heavy atom. The smallest absolute Gasteiger partial charge is 0.239 e. The summed E-state index contributed by atoms with van der Waals surface area (Å²) < 4.78 is 0. The van der Waals surface area contributed by atoms with Gasteiger partial charge in [0, 0.05) is 29.2 Å². The Balaban J connectivity index is -0.000000269. The van der Waals surface area contributed by atoms with Crippen LogP contribution >= 0.6 is 0 Å². The molecule has 0 saturated heterocycles. The standard InChI is InChI=1S/3C7H5NO4.2C3H4N2.3H2O.Pu/c3*9-6(10)4-2-1-3-5(8-4)7(11)12;2*1-2-5-3-4-1;;;;/h3*1-3H,(H,9,10)(H,11,12);2*1-3H,(H,4,5);3*1H2;/p-4. The van der Waals surface area contributed by atoms with Gasteiger partial charge in [-0.15, -0.1) is 0 Å². The number of carbonyl (C=O) groups excluding carboxylic acids is 6. The summed E-state index contributed by atoms with van der Waals surface area (Å²) in [5, 5.41) is 61.1. The summed E-state index contributed by atoms with van der Waals surface area (Å²) >= 11 is 0. The number of carbonyl (C=O) groups is 6. The molecule has 22 nitrogen and oxygen atoms in total. The average Bonchev–Trinajstić information content (AvgIpc) is 3.82. The third kappa shape index (κ3) is 20.6. The first-order chi connectivity index (χ1) is 21.8. The summed E-state index contributed by atoms with van der Waals surface area (Å²) in [4.78, 5) is 82.1. The van der Waals surface area contributed by atoms with Crippen LogP contribution in [-0.2, 0) is 0 Å². The third-order valence-corrected chi connectivity index (χ3v) is 4.39. The van der Waals surface area contributed by atoms with Crippen LogP contribution in [0.3, 0.4) is 0 Å². The molecule has 0 aliphatic rings. The number of rotatable bonds is 6. The fraction of sp³-hybridized carbons (Fsp3) is 0. The van der Waals surface area contributed by atoms with Crippen molar-refractivity contribution in [1.29, 1.82) is 0 Å². The van der Waals surface area contributed by atoms with Gasteiger partial charge in [-0.2, -0.15) is 0 Å². The first kappa shape index (κ1) is 50.4. The molecule has 5 rings (SSSR count). The van der Waals surface area contributed by atoms with Crippen molar-refractivity contribution in [2.45, 2.75) is 0 Å². The molecule has 0 fully saturated rings. The number of aromatic nitrogens is 7. The third-order valence-electron chi connectivity index (χ3n) is 4.39. The summed E-state index contributed by atoms with van der Waals surface area (Å²) in [5.74, 6) is -9.09. The van der Waals surface area contributed by atoms with Gasteiger partial charge < -0.3 is 75.8 Å². The first-order valence-electron chi connectivity index (χ1n) is 12.0. The van der Waals surface area contributed by atoms with Gasteiger partial charge in [0.15, 0.2) is 0 Å². The number of H-pyrrole nitrogens is 4. The van der Waals surface area contributed by atoms with E-state index in [9.17, 15) is 59.4 Å². The maximum Gasteiger partial charge on any atom is 0.239 e. The fourth-order valence-corrected chi connectivity index (χ4v) is 2.47. The molecule has 5 aromatic heterocycles. The van der Waals surface area contributed by atoms with Crippen LogP contribution in [0, 0.1) is 29.2 Å². The van der Waals surface area contributed by atoms with E-state index in [2.05, 4.69) is 34.9 Å². The number of hydrogen-bond donors (Lipinski definition) is 2. The van der Waals surface area contributed by atoms with Crippen molar-refractivity contribution < 1.29 is 115 Å². The zero-order chi connectivity index (χ0) is 34.5. The predicted molar refractivity (Wildman–Crippen MR) is 144 cm³/mol. The number of hydrogen-bond acceptors (Lipinski definition) is 15. The minimum absolute atomic E-state index is 0. The number of imidazole rings is 2. The van der Waals surface area contributed by atoms with E-state index in [1.54, 1.807) is 12.7 Å². The van der Waals surface area contributed by atoms with Gasteiger partial charge in [0.2, 0.25) is 12.7 Å². The molecule has 10 N–H and O–H groups in total. The molecule has 0 amide bonds. The molecule has 0 aliphatic heterocycles. The van der Waals surface area contributed by atoms with Crippen LogP contribution in [0.2, 0.25) is 0 Å². The number of nitrogens with one attached hydrogen (secondary N) is 4. The quantitative estimate of drug-likeness (QED) is 0.160. The van der Waals surface area contributed by atoms with Crippen LogP contribution in [0.15, 0.2) is 92.0 Å². The number of carboxylic acid groups (broad SMARTS) is 6. The normalized spacial score (nSPS) is 8.32. The van der Waals surface area contributed by atoms with Gasteiger partial charge in [-0.25, -0.2) is 15.0 Å². The SMILES string of the molecule is O.O.O.O=C([O-])c1cccc(C(=O)[O-])n1.O=C([O-])c1cccc(C(=O)[O-])n1.O=C([O-])c1cccc(C(=O)[O-])n1.[Pu].c1c[nH+]c[nH]1.c1c[nH+]c[nH]1. The fourth-order valence-electron chi connectivity index (χ4n) is 2.47. The van der Waals surface area contributed by atoms with E-state index < -0.39 is 70.0 Å². The summed E-state index contributed by atoms with van der Waals surface area (Å²) in [6, 6.07) is 10.6. The van der Waals surface area contributed by atoms with Crippen molar-refractivity contribution in [3.8, 4) is 0 Å². The molecular formula is C27H25N7O15Pu-4. The molecule has 0 saturated carbocycles. The first-order valence-corrected chi connectivity index (χ1v) is 12.0. The molecule has 0 bridgehead atoms. The Labute approximate surface area is 301 Å². The van der Waals surface area contributed by atoms with E-state index in [-0.39, 0.29) is 45.6 Å². The molecule has 0 aromatic carbocycles. The van der Waals surface area contributed by atoms with Crippen LogP contribution in [-0.4, -0.2) is 77.2 Å². The van der Waals surface area contributed by atoms with E-state index in [1.165, 1.54) is 18.2 Å². The molecular weight excluding hydrogens is 906 g/mol. The minimum atomic E-state index is -1.52. The largest absolute Gasteiger partial charge is 0.543 e. The second-order valence-corrected chi connectivity index (χ2v) is 7.57. The van der Waals surface area contributed by atoms with Crippen molar-refractivity contribution in [3.63, 3.8) is 0 Å². The number of aromatic amines is 4. The molecule has 268 valence electrons. The zero-order valence-electron chi connectivity index (χ0n) is 24.8. The number of carboxylic acids is 6. The molecule has 23 heteroatoms. The van der Waals surface area contributed by atoms with Crippen LogP contribution in [0.5, 0.6) is 0 Å². The van der Waals surface area contributed by atoms with Gasteiger partial charge in [0.05, 0.1) is 70.0 Å². The van der Waals surface area contributed by atoms with Crippen molar-refractivity contribution >= 4 is 35.8 Å². The average molecular weight is 932 g/mol. The molecule has 0 aliphatic carbocycles. The Bertz CT molecular complexity index is 1430. The van der Waals surface area contributed by atoms with Gasteiger partial charge in [-0.1, -0.05) is 18.2 Å². The van der Waals surface area contributed by atoms with Gasteiger partial charge in [-0.05, 0) is 36.4 Å². The second kappa shape index (κ2) is 27.6. The summed E-state index contributed by atoms with van der Waals surface area (Å²) in [6.07, 6.45) is 10.8. The van der Waals surface area contributed by atoms with E-state index in [0.717, 1.165) is 36.4 Å². The summed E-state index contributed by atoms with van der Waals surface area (Å²) in [6.45, 7) is 0. The van der Waals surface area contributed by atoms with Gasteiger partial charge >= 0.3 is 0 Å². The van der Waals surface area contributed by atoms with Crippen molar-refractivity contribution in [3.05, 3.63) is 126 Å². The molecule has 0 radical (unpaired) electrons. The maximum absolute atomic E-state index is 10.2. The van der Waals surface area contributed by atoms with Crippen LogP contribution in [0.25, 0.3) is 0 Å². The van der Waals surface area contributed by atoms with E-state index >= 15 is 0 Å². The second-order valence-electron chi connectivity index (χ2n) is 7.57. The topological polar surface area (TPSA) is 434 Å². The number of aromatic carboxylic acids is 6. The van der Waals surface area contributed by atoms with Crippen molar-refractivity contribution in [2.75, 3.05) is 0 Å². The van der Waals surface area contributed by atoms with E-state index in [4.69, 9.17) is 0 Å². The van der Waals surface area contributed by atoms with Crippen molar-refractivity contribution in [2.24, 2.45) is 0 Å². The van der Waals surface area contributed by atoms with Crippen LogP contribution in [0.1, 0.15) is 62.9 Å². The minimum Gasteiger partial charge on any atom is -0.543 e. The maximum atomic E-state index is 10.2. The van der Waals surface area contributed by atoms with Crippen molar-refractivity contribution in [1.82, 2.24) is 24.9 Å². The zero-order valence-corrected chi connectivity index (χ0v) is 28.2. The summed E-state index contributed by atoms with van der Waals surface area (Å²) in [5.41, 5.74) is -2.52. The number of pyridine rings is 3. The molecule has 0 spiro atoms. The summed E-state index contributed by atoms with van der Waals surface area (Å²) in [7, 11) is 0. The van der Waals surface area contributed by atoms with Crippen LogP contribution in [0.4, 0.5) is 0 Å². The molecule has 5 heterocycles. The number of nitrogens with zero attached hydrogens (tertiary/aromatic N) is 3. The van der Waals surface area contributed by atoms with Gasteiger partial charge in [0.25, 0.3) is 0 Å². The molecule has 5 aromatic rings. The molecule has 0 unspecified atom stereocenters. The predicted octanol–water partition coefficient (Wildman–Crippen LogP) is -9.39. The van der Waals surface area contributed by atoms with E-state index in [0.29, 0.717) is 0 Å². The Hall–Kier alpha value is -6.44. The Kier molecular flexibility index (Phi) is 27.9. The molecule has 50 heavy (non-hydrogen) atoms. The Morgan fingerprint density at radius 3 is 0.740 bits per heavy atom.